The summed E-state index contributed by atoms with van der Waals surface area (Å²) in [5, 5.41) is 9.67. The molecule has 0 bridgehead atoms. The summed E-state index contributed by atoms with van der Waals surface area (Å²) in [7, 11) is 0. The Balaban J connectivity index is 3.29. The van der Waals surface area contributed by atoms with Crippen molar-refractivity contribution in [2.75, 3.05) is 0 Å². The van der Waals surface area contributed by atoms with E-state index in [-0.39, 0.29) is 6.61 Å². The van der Waals surface area contributed by atoms with Gasteiger partial charge in [0.2, 0.25) is 0 Å². The van der Waals surface area contributed by atoms with Gasteiger partial charge in [0.25, 0.3) is 0 Å². The summed E-state index contributed by atoms with van der Waals surface area (Å²) in [6, 6.07) is 3.76. The van der Waals surface area contributed by atoms with E-state index in [1.165, 1.54) is 0 Å². The molecule has 0 aromatic heterocycles. The monoisotopic (exact) mass is 282 g/mol. The highest BCUT2D eigenvalue weighted by molar-refractivity contribution is 14.1. The first-order valence-corrected chi connectivity index (χ1v) is 4.67. The number of hydrogen-bond donors (Lipinski definition) is 1. The Labute approximate surface area is 84.5 Å². The van der Waals surface area contributed by atoms with Crippen LogP contribution in [0, 0.1) is 10.5 Å². The molecule has 0 radical (unpaired) electrons. The molecule has 0 saturated carbocycles. The number of halogens is 2. The van der Waals surface area contributed by atoms with Gasteiger partial charge >= 0.3 is 0 Å². The number of aliphatic hydroxyl groups excluding tert-OH is 1. The number of aliphatic hydroxyl groups is 1. The van der Waals surface area contributed by atoms with Crippen LogP contribution in [0.4, 0.5) is 0 Å². The predicted molar refractivity (Wildman–Crippen MR) is 54.8 cm³/mol. The van der Waals surface area contributed by atoms with Crippen LogP contribution in [-0.4, -0.2) is 5.11 Å². The Bertz CT molecular complexity index is 273. The molecule has 0 amide bonds. The van der Waals surface area contributed by atoms with Gasteiger partial charge in [-0.15, -0.1) is 0 Å². The zero-order valence-electron chi connectivity index (χ0n) is 6.06. The molecule has 3 heteroatoms. The molecular formula is C8H8ClIO. The molecule has 11 heavy (non-hydrogen) atoms. The molecule has 1 aromatic carbocycles. The van der Waals surface area contributed by atoms with E-state index in [4.69, 9.17) is 16.7 Å². The van der Waals surface area contributed by atoms with Crippen molar-refractivity contribution in [3.63, 3.8) is 0 Å². The molecule has 1 rings (SSSR count). The van der Waals surface area contributed by atoms with Gasteiger partial charge in [0.05, 0.1) is 11.6 Å². The van der Waals surface area contributed by atoms with Crippen molar-refractivity contribution in [1.29, 1.82) is 0 Å². The van der Waals surface area contributed by atoms with Crippen molar-refractivity contribution in [3.05, 3.63) is 31.9 Å². The Hall–Kier alpha value is 0.200. The molecule has 0 unspecified atom stereocenters. The predicted octanol–water partition coefficient (Wildman–Crippen LogP) is 2.75. The van der Waals surface area contributed by atoms with Crippen LogP contribution in [0.3, 0.4) is 0 Å². The van der Waals surface area contributed by atoms with Gasteiger partial charge in [0.15, 0.2) is 0 Å². The first-order valence-electron chi connectivity index (χ1n) is 3.21. The van der Waals surface area contributed by atoms with E-state index in [0.717, 1.165) is 14.7 Å². The van der Waals surface area contributed by atoms with Crippen LogP contribution in [0.5, 0.6) is 0 Å². The maximum atomic E-state index is 8.96. The second-order valence-corrected chi connectivity index (χ2v) is 3.80. The summed E-state index contributed by atoms with van der Waals surface area (Å²) >= 11 is 7.98. The van der Waals surface area contributed by atoms with E-state index in [1.54, 1.807) is 0 Å². The van der Waals surface area contributed by atoms with E-state index in [1.807, 2.05) is 19.1 Å². The molecule has 1 N–H and O–H groups in total. The maximum Gasteiger partial charge on any atom is 0.0695 e. The lowest BCUT2D eigenvalue weighted by Crippen LogP contribution is -1.93. The Morgan fingerprint density at radius 1 is 1.55 bits per heavy atom. The molecule has 0 aliphatic rings. The average Bonchev–Trinajstić information content (AvgIpc) is 1.99. The van der Waals surface area contributed by atoms with Gasteiger partial charge in [-0.2, -0.15) is 0 Å². The van der Waals surface area contributed by atoms with Crippen LogP contribution in [0.15, 0.2) is 12.1 Å². The molecule has 1 nitrogen and oxygen atoms in total. The van der Waals surface area contributed by atoms with E-state index in [0.29, 0.717) is 5.02 Å². The number of aryl methyl sites for hydroxylation is 1. The van der Waals surface area contributed by atoms with E-state index in [2.05, 4.69) is 22.6 Å². The first-order chi connectivity index (χ1) is 5.16. The lowest BCUT2D eigenvalue weighted by Gasteiger charge is -2.05. The molecule has 0 heterocycles. The van der Waals surface area contributed by atoms with Crippen LogP contribution in [0.2, 0.25) is 5.02 Å². The normalized spacial score (nSPS) is 10.2. The number of benzene rings is 1. The smallest absolute Gasteiger partial charge is 0.0695 e. The number of rotatable bonds is 1. The van der Waals surface area contributed by atoms with Gasteiger partial charge in [0, 0.05) is 3.57 Å². The van der Waals surface area contributed by atoms with E-state index >= 15 is 0 Å². The molecule has 0 atom stereocenters. The van der Waals surface area contributed by atoms with Crippen LogP contribution >= 0.6 is 34.2 Å². The van der Waals surface area contributed by atoms with Crippen molar-refractivity contribution >= 4 is 34.2 Å². The van der Waals surface area contributed by atoms with Crippen molar-refractivity contribution in [1.82, 2.24) is 0 Å². The molecular weight excluding hydrogens is 274 g/mol. The third kappa shape index (κ3) is 1.86. The van der Waals surface area contributed by atoms with Crippen LogP contribution in [0.1, 0.15) is 11.1 Å². The molecule has 0 saturated heterocycles. The van der Waals surface area contributed by atoms with Gasteiger partial charge in [-0.25, -0.2) is 0 Å². The third-order valence-electron chi connectivity index (χ3n) is 1.59. The van der Waals surface area contributed by atoms with Crippen LogP contribution in [-0.2, 0) is 6.61 Å². The summed E-state index contributed by atoms with van der Waals surface area (Å²) in [5.41, 5.74) is 2.01. The maximum absolute atomic E-state index is 8.96. The Morgan fingerprint density at radius 3 is 2.64 bits per heavy atom. The van der Waals surface area contributed by atoms with E-state index < -0.39 is 0 Å². The molecule has 60 valence electrons. The quantitative estimate of drug-likeness (QED) is 0.785. The molecule has 0 spiro atoms. The Morgan fingerprint density at radius 2 is 2.18 bits per heavy atom. The fraction of sp³-hybridized carbons (Fsp3) is 0.250. The minimum atomic E-state index is 0.0602. The summed E-state index contributed by atoms with van der Waals surface area (Å²) in [6.45, 7) is 2.02. The topological polar surface area (TPSA) is 20.2 Å². The van der Waals surface area contributed by atoms with Crippen LogP contribution < -0.4 is 0 Å². The largest absolute Gasteiger partial charge is 0.392 e. The zero-order valence-corrected chi connectivity index (χ0v) is 8.98. The highest BCUT2D eigenvalue weighted by atomic mass is 127. The molecule has 0 aliphatic heterocycles. The second kappa shape index (κ2) is 3.74. The number of hydrogen-bond acceptors (Lipinski definition) is 1. The van der Waals surface area contributed by atoms with E-state index in [9.17, 15) is 0 Å². The van der Waals surface area contributed by atoms with Gasteiger partial charge in [-0.05, 0) is 46.7 Å². The summed E-state index contributed by atoms with van der Waals surface area (Å²) < 4.78 is 0.951. The highest BCUT2D eigenvalue weighted by Gasteiger charge is 2.05. The van der Waals surface area contributed by atoms with Crippen molar-refractivity contribution < 1.29 is 5.11 Å². The van der Waals surface area contributed by atoms with Crippen LogP contribution in [0.25, 0.3) is 0 Å². The zero-order chi connectivity index (χ0) is 8.43. The first kappa shape index (κ1) is 9.29. The standard InChI is InChI=1S/C8H8ClIO/c1-5-2-3-7(9)8(10)6(5)4-11/h2-3,11H,4H2,1H3. The van der Waals surface area contributed by atoms with Crippen molar-refractivity contribution in [3.8, 4) is 0 Å². The fourth-order valence-corrected chi connectivity index (χ4v) is 1.84. The molecule has 0 aliphatic carbocycles. The summed E-state index contributed by atoms with van der Waals surface area (Å²) in [4.78, 5) is 0. The minimum absolute atomic E-state index is 0.0602. The minimum Gasteiger partial charge on any atom is -0.392 e. The molecule has 0 fully saturated rings. The Kier molecular flexibility index (Phi) is 3.16. The lowest BCUT2D eigenvalue weighted by atomic mass is 10.1. The average molecular weight is 283 g/mol. The SMILES string of the molecule is Cc1ccc(Cl)c(I)c1CO. The third-order valence-corrected chi connectivity index (χ3v) is 3.45. The van der Waals surface area contributed by atoms with Gasteiger partial charge in [-0.1, -0.05) is 17.7 Å². The highest BCUT2D eigenvalue weighted by Crippen LogP contribution is 2.24. The van der Waals surface area contributed by atoms with Crippen molar-refractivity contribution in [2.24, 2.45) is 0 Å². The fourth-order valence-electron chi connectivity index (χ4n) is 0.883. The van der Waals surface area contributed by atoms with Gasteiger partial charge < -0.3 is 5.11 Å². The van der Waals surface area contributed by atoms with Gasteiger partial charge in [0.1, 0.15) is 0 Å². The second-order valence-electron chi connectivity index (χ2n) is 2.31. The molecule has 1 aromatic rings. The summed E-state index contributed by atoms with van der Waals surface area (Å²) in [6.07, 6.45) is 0. The summed E-state index contributed by atoms with van der Waals surface area (Å²) in [5.74, 6) is 0. The van der Waals surface area contributed by atoms with Crippen molar-refractivity contribution in [2.45, 2.75) is 13.5 Å². The van der Waals surface area contributed by atoms with Gasteiger partial charge in [-0.3, -0.25) is 0 Å². The lowest BCUT2D eigenvalue weighted by molar-refractivity contribution is 0.280.